The first kappa shape index (κ1) is 50.4. The van der Waals surface area contributed by atoms with Crippen molar-refractivity contribution < 1.29 is 74.6 Å². The van der Waals surface area contributed by atoms with Crippen LogP contribution in [-0.2, 0) is 0 Å². The first-order valence-corrected chi connectivity index (χ1v) is 21.2. The second kappa shape index (κ2) is 16.1. The molecular weight excluding hydrogens is 880 g/mol. The maximum absolute atomic E-state index is 14.2. The van der Waals surface area contributed by atoms with E-state index in [0.29, 0.717) is 0 Å². The Labute approximate surface area is 346 Å². The molecule has 0 radical (unpaired) electrons. The van der Waals surface area contributed by atoms with Crippen LogP contribution in [0.15, 0.2) is 60.7 Å². The minimum atomic E-state index is -8.62. The highest BCUT2D eigenvalue weighted by atomic mass is 28.3. The zero-order valence-electron chi connectivity index (χ0n) is 34.3. The Morgan fingerprint density at radius 1 is 0.403 bits per heavy atom. The van der Waals surface area contributed by atoms with Gasteiger partial charge in [-0.3, -0.25) is 0 Å². The Kier molecular flexibility index (Phi) is 13.0. The van der Waals surface area contributed by atoms with Gasteiger partial charge in [-0.05, 0) is 147 Å². The van der Waals surface area contributed by atoms with Crippen LogP contribution < -0.4 is 0 Å². The van der Waals surface area contributed by atoms with E-state index in [0.717, 1.165) is 0 Å². The normalized spacial score (nSPS) is 14.3. The highest BCUT2D eigenvalue weighted by molar-refractivity contribution is 6.89. The van der Waals surface area contributed by atoms with Crippen molar-refractivity contribution in [2.45, 2.75) is 127 Å². The fraction of sp³-hybridized carbons (Fsp3) is 0.455. The van der Waals surface area contributed by atoms with Gasteiger partial charge in [0.2, 0.25) is 0 Å². The van der Waals surface area contributed by atoms with E-state index in [1.807, 2.05) is 0 Å². The van der Waals surface area contributed by atoms with E-state index in [9.17, 15) is 74.6 Å². The summed E-state index contributed by atoms with van der Waals surface area (Å²) in [5.74, 6) is -56.1. The number of hydrogen-bond acceptors (Lipinski definition) is 0. The average molecular weight is 921 g/mol. The van der Waals surface area contributed by atoms with Gasteiger partial charge in [0.15, 0.2) is 0 Å². The van der Waals surface area contributed by atoms with Gasteiger partial charge in [0.1, 0.15) is 8.07 Å². The smallest absolute Gasteiger partial charge is 0.200 e. The Morgan fingerprint density at radius 3 is 0.855 bits per heavy atom. The van der Waals surface area contributed by atoms with Gasteiger partial charge in [-0.1, -0.05) is 52.0 Å². The second-order valence-electron chi connectivity index (χ2n) is 16.5. The molecule has 0 atom stereocenters. The zero-order chi connectivity index (χ0) is 47.8. The molecular formula is C44H41F17Si. The third-order valence-corrected chi connectivity index (χ3v) is 17.6. The van der Waals surface area contributed by atoms with Gasteiger partial charge in [0, 0.05) is 6.42 Å². The summed E-state index contributed by atoms with van der Waals surface area (Å²) >= 11 is 0. The van der Waals surface area contributed by atoms with Crippen molar-refractivity contribution in [3.05, 3.63) is 82.9 Å². The molecule has 0 aliphatic heterocycles. The molecule has 5 rings (SSSR count). The molecule has 0 unspecified atom stereocenters. The topological polar surface area (TPSA) is 0 Å². The maximum atomic E-state index is 14.2. The van der Waals surface area contributed by atoms with Crippen LogP contribution in [0.1, 0.15) is 56.4 Å². The third kappa shape index (κ3) is 7.97. The average Bonchev–Trinajstić information content (AvgIpc) is 3.13. The Hall–Kier alpha value is -4.27. The summed E-state index contributed by atoms with van der Waals surface area (Å²) in [6.45, 7) is 14.1. The number of terminal acetylenes is 1. The number of aryl methyl sites for hydroxylation is 4. The molecule has 5 aromatic carbocycles. The fourth-order valence-corrected chi connectivity index (χ4v) is 11.5. The number of fused-ring (bicyclic) bond motifs is 4. The largest absolute Gasteiger partial charge is 0.460 e. The molecule has 0 saturated carbocycles. The molecule has 340 valence electrons. The van der Waals surface area contributed by atoms with E-state index >= 15 is 0 Å². The summed E-state index contributed by atoms with van der Waals surface area (Å²) in [4.78, 5) is 0. The summed E-state index contributed by atoms with van der Waals surface area (Å²) in [7, 11) is -3.54. The van der Waals surface area contributed by atoms with Gasteiger partial charge in [-0.25, -0.2) is 0 Å². The molecule has 5 aromatic rings. The van der Waals surface area contributed by atoms with Crippen LogP contribution in [0, 0.1) is 39.7 Å². The lowest BCUT2D eigenvalue weighted by Crippen LogP contribution is -2.74. The first-order valence-electron chi connectivity index (χ1n) is 18.9. The van der Waals surface area contributed by atoms with Gasteiger partial charge < -0.3 is 0 Å². The minimum Gasteiger partial charge on any atom is -0.200 e. The van der Waals surface area contributed by atoms with Gasteiger partial charge in [0.25, 0.3) is 0 Å². The number of benzene rings is 5. The van der Waals surface area contributed by atoms with Crippen LogP contribution in [0.4, 0.5) is 74.6 Å². The molecule has 0 aromatic heterocycles. The number of rotatable bonds is 11. The number of halogens is 17. The summed E-state index contributed by atoms with van der Waals surface area (Å²) in [6, 6.07) is 22.1. The summed E-state index contributed by atoms with van der Waals surface area (Å²) in [6.07, 6.45) is -4.98. The predicted octanol–water partition coefficient (Wildman–Crippen LogP) is 16.4. The number of hydrogen-bond donors (Lipinski definition) is 0. The molecule has 0 nitrogen and oxygen atoms in total. The lowest BCUT2D eigenvalue weighted by Gasteiger charge is -2.43. The fourth-order valence-electron chi connectivity index (χ4n) is 7.43. The summed E-state index contributed by atoms with van der Waals surface area (Å²) < 4.78 is 227. The van der Waals surface area contributed by atoms with E-state index in [1.165, 1.54) is 93.0 Å². The Morgan fingerprint density at radius 2 is 0.629 bits per heavy atom. The van der Waals surface area contributed by atoms with E-state index in [-0.39, 0.29) is 0 Å². The van der Waals surface area contributed by atoms with Crippen LogP contribution >= 0.6 is 0 Å². The van der Waals surface area contributed by atoms with E-state index in [4.69, 9.17) is 6.42 Å². The van der Waals surface area contributed by atoms with Crippen LogP contribution in [0.2, 0.25) is 17.1 Å². The first-order chi connectivity index (χ1) is 27.9. The molecule has 0 spiro atoms. The van der Waals surface area contributed by atoms with Gasteiger partial charge in [-0.2, -0.15) is 74.6 Å². The molecule has 0 fully saturated rings. The van der Waals surface area contributed by atoms with Crippen molar-refractivity contribution in [3.8, 4) is 12.0 Å². The van der Waals surface area contributed by atoms with Crippen LogP contribution in [0.3, 0.4) is 0 Å². The molecule has 0 aliphatic rings. The van der Waals surface area contributed by atoms with Gasteiger partial charge in [0.05, 0.1) is 0 Å². The summed E-state index contributed by atoms with van der Waals surface area (Å²) in [5.41, 5.74) is 6.11. The van der Waals surface area contributed by atoms with E-state index in [1.54, 1.807) is 0 Å². The van der Waals surface area contributed by atoms with Crippen molar-refractivity contribution in [1.29, 1.82) is 0 Å². The zero-order valence-corrected chi connectivity index (χ0v) is 35.3. The number of alkyl halides is 17. The highest BCUT2D eigenvalue weighted by Crippen LogP contribution is 2.64. The van der Waals surface area contributed by atoms with Crippen molar-refractivity contribution in [2.75, 3.05) is 0 Å². The van der Waals surface area contributed by atoms with Gasteiger partial charge in [-0.15, -0.1) is 12.0 Å². The van der Waals surface area contributed by atoms with E-state index in [2.05, 4.69) is 93.9 Å². The Bertz CT molecular complexity index is 2310. The third-order valence-electron chi connectivity index (χ3n) is 11.9. The molecule has 18 heteroatoms. The lowest BCUT2D eigenvalue weighted by molar-refractivity contribution is -0.461. The molecule has 62 heavy (non-hydrogen) atoms. The molecule has 0 saturated heterocycles. The molecule has 0 heterocycles. The van der Waals surface area contributed by atoms with Crippen molar-refractivity contribution in [2.24, 2.45) is 0 Å². The Balaban J connectivity index is 0.000000283. The van der Waals surface area contributed by atoms with E-state index < -0.39 is 79.3 Å². The molecule has 0 N–H and O–H groups in total. The lowest BCUT2D eigenvalue weighted by atomic mass is 9.88. The summed E-state index contributed by atoms with van der Waals surface area (Å²) in [5, 5.41) is 10.6. The second-order valence-corrected chi connectivity index (χ2v) is 21.6. The molecule has 0 aliphatic carbocycles. The van der Waals surface area contributed by atoms with Crippen LogP contribution in [-0.4, -0.2) is 55.7 Å². The molecule has 0 bridgehead atoms. The SMILES string of the molecule is C#C[Si](CCC(F)(F)C(F)(F)C(F)(F)C(F)(F)C(F)(F)C(F)(F)C(F)(F)C(F)(F)F)(C(C)C)C(C)C.Cc1cc2cc3cc4cc5cc(C)c(C)cc5cc4cc3cc2cc1C. The van der Waals surface area contributed by atoms with Crippen molar-refractivity contribution in [1.82, 2.24) is 0 Å². The minimum absolute atomic E-state index is 0.707. The predicted molar refractivity (Wildman–Crippen MR) is 210 cm³/mol. The quantitative estimate of drug-likeness (QED) is 0.0536. The van der Waals surface area contributed by atoms with Crippen molar-refractivity contribution in [3.63, 3.8) is 0 Å². The van der Waals surface area contributed by atoms with Crippen LogP contribution in [0.25, 0.3) is 43.1 Å². The standard InChI is InChI=1S/C26H22.C18H19F17Si/c1-15-5-19-9-23-13-25-11-21-7-17(3)18(4)8-22(21)12-26(25)14-24(23)10-20(19)6-16(15)2;1-6-36(9(2)3,10(4)5)8-7-11(19,20)12(21,22)13(23,24)14(25,26)15(27,28)16(29,30)17(31,32)18(33,34)35/h5-14H,1-4H3;1,9-10H,7-8H2,2-5H3. The van der Waals surface area contributed by atoms with Gasteiger partial charge >= 0.3 is 47.6 Å². The maximum Gasteiger partial charge on any atom is 0.460 e. The highest BCUT2D eigenvalue weighted by Gasteiger charge is 2.95. The molecule has 0 amide bonds. The van der Waals surface area contributed by atoms with Crippen molar-refractivity contribution >= 4 is 51.2 Å². The monoisotopic (exact) mass is 920 g/mol. The van der Waals surface area contributed by atoms with Crippen LogP contribution in [0.5, 0.6) is 0 Å².